The Bertz CT molecular complexity index is 733. The van der Waals surface area contributed by atoms with Gasteiger partial charge in [-0.1, -0.05) is 24.3 Å². The van der Waals surface area contributed by atoms with Crippen LogP contribution in [0.4, 0.5) is 0 Å². The van der Waals surface area contributed by atoms with Crippen molar-refractivity contribution in [2.45, 2.75) is 11.8 Å². The molecule has 2 fully saturated rings. The van der Waals surface area contributed by atoms with Crippen LogP contribution in [0, 0.1) is 23.7 Å². The summed E-state index contributed by atoms with van der Waals surface area (Å²) in [5.41, 5.74) is 1.58. The maximum absolute atomic E-state index is 12.5. The molecule has 5 rings (SSSR count). The highest BCUT2D eigenvalue weighted by Gasteiger charge is 2.68. The van der Waals surface area contributed by atoms with Crippen LogP contribution in [0.3, 0.4) is 0 Å². The quantitative estimate of drug-likeness (QED) is 0.444. The zero-order valence-corrected chi connectivity index (χ0v) is 13.6. The van der Waals surface area contributed by atoms with E-state index in [4.69, 9.17) is 14.2 Å². The number of carbonyl (C=O) groups excluding carboxylic acids is 4. The molecule has 1 saturated heterocycles. The molecule has 1 aromatic rings. The molecule has 0 amide bonds. The second kappa shape index (κ2) is 5.40. The molecule has 2 bridgehead atoms. The van der Waals surface area contributed by atoms with Crippen LogP contribution >= 0.6 is 0 Å². The van der Waals surface area contributed by atoms with Gasteiger partial charge in [-0.15, -0.1) is 0 Å². The highest BCUT2D eigenvalue weighted by molar-refractivity contribution is 6.01. The van der Waals surface area contributed by atoms with E-state index in [0.717, 1.165) is 11.1 Å². The number of hydrogen-bond donors (Lipinski definition) is 0. The third-order valence-electron chi connectivity index (χ3n) is 5.73. The van der Waals surface area contributed by atoms with Gasteiger partial charge in [-0.3, -0.25) is 19.2 Å². The molecule has 1 aromatic carbocycles. The van der Waals surface area contributed by atoms with E-state index in [-0.39, 0.29) is 0 Å². The van der Waals surface area contributed by atoms with Crippen LogP contribution in [0.5, 0.6) is 0 Å². The number of hydrogen-bond acceptors (Lipinski definition) is 7. The van der Waals surface area contributed by atoms with Crippen LogP contribution in [-0.2, 0) is 33.4 Å². The van der Waals surface area contributed by atoms with Gasteiger partial charge >= 0.3 is 23.9 Å². The van der Waals surface area contributed by atoms with Gasteiger partial charge in [-0.05, 0) is 11.1 Å². The maximum atomic E-state index is 12.5. The normalized spacial score (nSPS) is 34.8. The van der Waals surface area contributed by atoms with Crippen molar-refractivity contribution in [2.75, 3.05) is 14.2 Å². The summed E-state index contributed by atoms with van der Waals surface area (Å²) in [6, 6.07) is 7.25. The second-order valence-corrected chi connectivity index (χ2v) is 6.57. The summed E-state index contributed by atoms with van der Waals surface area (Å²) < 4.78 is 14.7. The van der Waals surface area contributed by atoms with Crippen LogP contribution in [-0.4, -0.2) is 38.1 Å². The number of ether oxygens (including phenoxy) is 3. The Balaban J connectivity index is 1.98. The summed E-state index contributed by atoms with van der Waals surface area (Å²) >= 11 is 0. The second-order valence-electron chi connectivity index (χ2n) is 6.57. The van der Waals surface area contributed by atoms with Crippen molar-refractivity contribution >= 4 is 23.9 Å². The Kier molecular flexibility index (Phi) is 3.42. The first-order chi connectivity index (χ1) is 12.0. The van der Waals surface area contributed by atoms with Crippen molar-refractivity contribution in [2.24, 2.45) is 23.7 Å². The Labute approximate surface area is 143 Å². The summed E-state index contributed by atoms with van der Waals surface area (Å²) in [7, 11) is 2.47. The predicted molar refractivity (Wildman–Crippen MR) is 81.0 cm³/mol. The van der Waals surface area contributed by atoms with Crippen molar-refractivity contribution in [1.29, 1.82) is 0 Å². The van der Waals surface area contributed by atoms with E-state index in [0.29, 0.717) is 0 Å². The zero-order valence-electron chi connectivity index (χ0n) is 13.6. The largest absolute Gasteiger partial charge is 0.469 e. The van der Waals surface area contributed by atoms with Crippen molar-refractivity contribution in [1.82, 2.24) is 0 Å². The molecule has 1 saturated carbocycles. The molecular weight excluding hydrogens is 328 g/mol. The first kappa shape index (κ1) is 15.8. The molecule has 6 atom stereocenters. The van der Waals surface area contributed by atoms with E-state index in [2.05, 4.69) is 0 Å². The SMILES string of the molecule is COC(=O)[C@H]1[C@H](C(=O)OC)[C@@H]2c3ccccc3[C@H]1[C@H]1C(=O)OC(=O)[C@H]12. The third-order valence-corrected chi connectivity index (χ3v) is 5.73. The topological polar surface area (TPSA) is 96.0 Å². The number of esters is 4. The van der Waals surface area contributed by atoms with Crippen molar-refractivity contribution in [3.63, 3.8) is 0 Å². The summed E-state index contributed by atoms with van der Waals surface area (Å²) in [5.74, 6) is -7.11. The van der Waals surface area contributed by atoms with E-state index < -0.39 is 59.4 Å². The summed E-state index contributed by atoms with van der Waals surface area (Å²) in [5, 5.41) is 0. The van der Waals surface area contributed by atoms with Gasteiger partial charge in [-0.2, -0.15) is 0 Å². The molecule has 7 nitrogen and oxygen atoms in total. The van der Waals surface area contributed by atoms with E-state index in [1.165, 1.54) is 14.2 Å². The maximum Gasteiger partial charge on any atom is 0.318 e. The molecule has 3 aliphatic carbocycles. The minimum absolute atomic E-state index is 0.592. The Morgan fingerprint density at radius 2 is 1.20 bits per heavy atom. The number of methoxy groups -OCH3 is 2. The lowest BCUT2D eigenvalue weighted by Crippen LogP contribution is -2.55. The Hall–Kier alpha value is -2.70. The summed E-state index contributed by atoms with van der Waals surface area (Å²) in [4.78, 5) is 49.6. The highest BCUT2D eigenvalue weighted by Crippen LogP contribution is 2.63. The molecule has 0 unspecified atom stereocenters. The van der Waals surface area contributed by atoms with Gasteiger partial charge in [0.05, 0.1) is 37.9 Å². The molecule has 130 valence electrons. The monoisotopic (exact) mass is 344 g/mol. The molecule has 1 aliphatic heterocycles. The minimum Gasteiger partial charge on any atom is -0.469 e. The third kappa shape index (κ3) is 1.92. The van der Waals surface area contributed by atoms with Gasteiger partial charge < -0.3 is 14.2 Å². The molecule has 0 radical (unpaired) electrons. The lowest BCUT2D eigenvalue weighted by atomic mass is 9.49. The lowest BCUT2D eigenvalue weighted by Gasteiger charge is -2.50. The van der Waals surface area contributed by atoms with Gasteiger partial charge in [0, 0.05) is 11.8 Å². The number of cyclic esters (lactones) is 2. The lowest BCUT2D eigenvalue weighted by molar-refractivity contribution is -0.167. The molecule has 7 heteroatoms. The molecule has 0 N–H and O–H groups in total. The van der Waals surface area contributed by atoms with Crippen LogP contribution in [0.15, 0.2) is 24.3 Å². The van der Waals surface area contributed by atoms with Crippen molar-refractivity contribution in [3.8, 4) is 0 Å². The predicted octanol–water partition coefficient (Wildman–Crippen LogP) is 0.775. The fraction of sp³-hybridized carbons (Fsp3) is 0.444. The average Bonchev–Trinajstić information content (AvgIpc) is 2.95. The van der Waals surface area contributed by atoms with Crippen LogP contribution in [0.1, 0.15) is 23.0 Å². The average molecular weight is 344 g/mol. The Morgan fingerprint density at radius 3 is 1.56 bits per heavy atom. The summed E-state index contributed by atoms with van der Waals surface area (Å²) in [6.07, 6.45) is 0. The van der Waals surface area contributed by atoms with Crippen LogP contribution < -0.4 is 0 Å². The number of benzene rings is 1. The summed E-state index contributed by atoms with van der Waals surface area (Å²) in [6.45, 7) is 0. The molecule has 0 aromatic heterocycles. The number of carbonyl (C=O) groups is 4. The smallest absolute Gasteiger partial charge is 0.318 e. The zero-order chi connectivity index (χ0) is 17.9. The number of fused-ring (bicyclic) bond motifs is 1. The van der Waals surface area contributed by atoms with E-state index in [1.54, 1.807) is 12.1 Å². The molecule has 1 heterocycles. The van der Waals surface area contributed by atoms with Gasteiger partial charge in [0.15, 0.2) is 0 Å². The minimum atomic E-state index is -0.892. The van der Waals surface area contributed by atoms with Gasteiger partial charge in [0.2, 0.25) is 0 Å². The van der Waals surface area contributed by atoms with Crippen LogP contribution in [0.25, 0.3) is 0 Å². The van der Waals surface area contributed by atoms with Gasteiger partial charge in [0.1, 0.15) is 0 Å². The molecule has 0 spiro atoms. The highest BCUT2D eigenvalue weighted by atomic mass is 16.6. The Morgan fingerprint density at radius 1 is 0.800 bits per heavy atom. The first-order valence-corrected chi connectivity index (χ1v) is 8.01. The molecule has 25 heavy (non-hydrogen) atoms. The van der Waals surface area contributed by atoms with E-state index in [9.17, 15) is 19.2 Å². The van der Waals surface area contributed by atoms with E-state index in [1.807, 2.05) is 12.1 Å². The fourth-order valence-electron chi connectivity index (χ4n) is 4.91. The standard InChI is InChI=1S/C18H16O7/c1-23-15(19)11-9-7-5-3-4-6-8(7)10(12(11)16(20)24-2)14-13(9)17(21)25-18(14)22/h3-6,9-14H,1-2H3/t9-,10+,11-,12-,13-,14+/m1/s1. The van der Waals surface area contributed by atoms with Crippen molar-refractivity contribution < 1.29 is 33.4 Å². The molecular formula is C18H16O7. The van der Waals surface area contributed by atoms with Gasteiger partial charge in [0.25, 0.3) is 0 Å². The van der Waals surface area contributed by atoms with E-state index >= 15 is 0 Å². The van der Waals surface area contributed by atoms with Crippen molar-refractivity contribution in [3.05, 3.63) is 35.4 Å². The first-order valence-electron chi connectivity index (χ1n) is 8.01. The molecule has 4 aliphatic rings. The number of rotatable bonds is 2. The fourth-order valence-corrected chi connectivity index (χ4v) is 4.91. The van der Waals surface area contributed by atoms with Gasteiger partial charge in [-0.25, -0.2) is 0 Å². The van der Waals surface area contributed by atoms with Crippen LogP contribution in [0.2, 0.25) is 0 Å².